The molecule has 2 aromatic rings. The molecule has 1 N–H and O–H groups in total. The summed E-state index contributed by atoms with van der Waals surface area (Å²) in [6.07, 6.45) is 10.4. The smallest absolute Gasteiger partial charge is 0.305 e. The number of ether oxygens (including phenoxy) is 1. The van der Waals surface area contributed by atoms with Gasteiger partial charge in [0.25, 0.3) is 0 Å². The standard InChI is InChI=1S/C24H23ClN2O4S/c1-16-20(7-4-14-26-16)24(29)21-15-18(25)10-12-22(21)27-32(30)19-6-3-5-17(8-11-19)9-13-23(28)31-2/h3-4,6-8,10-12,14-15,27H,5,9,13H2,1-2H3. The van der Waals surface area contributed by atoms with E-state index in [0.717, 1.165) is 5.57 Å². The molecule has 6 nitrogen and oxygen atoms in total. The predicted molar refractivity (Wildman–Crippen MR) is 127 cm³/mol. The number of aromatic nitrogens is 1. The zero-order valence-electron chi connectivity index (χ0n) is 17.8. The molecule has 0 saturated carbocycles. The summed E-state index contributed by atoms with van der Waals surface area (Å²) in [5.74, 6) is -0.523. The average Bonchev–Trinajstić information content (AvgIpc) is 3.04. The maximum Gasteiger partial charge on any atom is 0.305 e. The number of aryl methyl sites for hydroxylation is 1. The quantitative estimate of drug-likeness (QED) is 0.430. The number of carbonyl (C=O) groups excluding carboxylic acids is 2. The molecule has 166 valence electrons. The Kier molecular flexibility index (Phi) is 8.14. The van der Waals surface area contributed by atoms with Crippen LogP contribution in [-0.2, 0) is 20.5 Å². The fraction of sp³-hybridized carbons (Fsp3) is 0.208. The number of pyridine rings is 1. The Morgan fingerprint density at radius 1 is 1.22 bits per heavy atom. The summed E-state index contributed by atoms with van der Waals surface area (Å²) in [6, 6.07) is 8.22. The Balaban J connectivity index is 1.82. The van der Waals surface area contributed by atoms with E-state index in [4.69, 9.17) is 11.6 Å². The number of methoxy groups -OCH3 is 1. The van der Waals surface area contributed by atoms with E-state index in [2.05, 4.69) is 14.4 Å². The van der Waals surface area contributed by atoms with Crippen LogP contribution < -0.4 is 4.72 Å². The first-order chi connectivity index (χ1) is 15.4. The molecule has 0 spiro atoms. The number of anilines is 1. The Labute approximate surface area is 194 Å². The van der Waals surface area contributed by atoms with Crippen LogP contribution in [0.2, 0.25) is 5.02 Å². The SMILES string of the molecule is COC(=O)CCC1=CC=C(S(=O)Nc2ccc(Cl)cc2C(=O)c2cccnc2C)C=CC1. The second-order valence-corrected chi connectivity index (χ2v) is 8.75. The van der Waals surface area contributed by atoms with Gasteiger partial charge >= 0.3 is 5.97 Å². The van der Waals surface area contributed by atoms with Crippen molar-refractivity contribution in [3.63, 3.8) is 0 Å². The fourth-order valence-electron chi connectivity index (χ4n) is 3.15. The van der Waals surface area contributed by atoms with Crippen LogP contribution in [0.15, 0.2) is 71.3 Å². The second-order valence-electron chi connectivity index (χ2n) is 7.10. The molecule has 0 saturated heterocycles. The first kappa shape index (κ1) is 23.6. The summed E-state index contributed by atoms with van der Waals surface area (Å²) in [6.45, 7) is 1.76. The van der Waals surface area contributed by atoms with Crippen molar-refractivity contribution >= 4 is 40.0 Å². The zero-order valence-corrected chi connectivity index (χ0v) is 19.3. The minimum atomic E-state index is -1.62. The maximum absolute atomic E-state index is 13.1. The number of nitrogens with one attached hydrogen (secondary N) is 1. The Bertz CT molecular complexity index is 1150. The van der Waals surface area contributed by atoms with E-state index in [9.17, 15) is 13.8 Å². The van der Waals surface area contributed by atoms with Crippen molar-refractivity contribution in [2.24, 2.45) is 0 Å². The van der Waals surface area contributed by atoms with E-state index < -0.39 is 11.0 Å². The van der Waals surface area contributed by atoms with Gasteiger partial charge in [0.05, 0.1) is 17.7 Å². The highest BCUT2D eigenvalue weighted by Gasteiger charge is 2.18. The van der Waals surface area contributed by atoms with Gasteiger partial charge in [-0.15, -0.1) is 0 Å². The Morgan fingerprint density at radius 3 is 2.78 bits per heavy atom. The number of hydrogen-bond acceptors (Lipinski definition) is 5. The molecule has 1 aromatic carbocycles. The second kappa shape index (κ2) is 11.0. The number of benzene rings is 1. The summed E-state index contributed by atoms with van der Waals surface area (Å²) < 4.78 is 20.6. The largest absolute Gasteiger partial charge is 0.469 e. The number of carbonyl (C=O) groups is 2. The van der Waals surface area contributed by atoms with E-state index >= 15 is 0 Å². The highest BCUT2D eigenvalue weighted by Crippen LogP contribution is 2.26. The lowest BCUT2D eigenvalue weighted by atomic mass is 10.0. The number of rotatable bonds is 8. The third-order valence-electron chi connectivity index (χ3n) is 4.92. The van der Waals surface area contributed by atoms with Gasteiger partial charge in [0.1, 0.15) is 11.0 Å². The topological polar surface area (TPSA) is 85.4 Å². The minimum absolute atomic E-state index is 0.256. The first-order valence-electron chi connectivity index (χ1n) is 9.96. The van der Waals surface area contributed by atoms with Crippen molar-refractivity contribution < 1.29 is 18.5 Å². The van der Waals surface area contributed by atoms with E-state index in [1.165, 1.54) is 7.11 Å². The maximum atomic E-state index is 13.1. The van der Waals surface area contributed by atoms with Gasteiger partial charge in [0, 0.05) is 34.5 Å². The van der Waals surface area contributed by atoms with Crippen LogP contribution in [0.4, 0.5) is 5.69 Å². The van der Waals surface area contributed by atoms with Gasteiger partial charge in [-0.2, -0.15) is 0 Å². The van der Waals surface area contributed by atoms with Crippen LogP contribution in [-0.4, -0.2) is 28.1 Å². The van der Waals surface area contributed by atoms with E-state index in [1.54, 1.807) is 55.6 Å². The highest BCUT2D eigenvalue weighted by molar-refractivity contribution is 7.90. The lowest BCUT2D eigenvalue weighted by Gasteiger charge is -2.12. The first-order valence-corrected chi connectivity index (χ1v) is 11.5. The van der Waals surface area contributed by atoms with Crippen molar-refractivity contribution in [2.75, 3.05) is 11.8 Å². The fourth-order valence-corrected chi connectivity index (χ4v) is 4.22. The van der Waals surface area contributed by atoms with E-state index in [-0.39, 0.29) is 11.8 Å². The third-order valence-corrected chi connectivity index (χ3v) is 6.26. The van der Waals surface area contributed by atoms with Gasteiger partial charge in [-0.1, -0.05) is 29.3 Å². The van der Waals surface area contributed by atoms with Gasteiger partial charge in [-0.3, -0.25) is 14.6 Å². The minimum Gasteiger partial charge on any atom is -0.469 e. The van der Waals surface area contributed by atoms with Gasteiger partial charge in [0.2, 0.25) is 0 Å². The number of halogens is 1. The Hall–Kier alpha value is -3.03. The van der Waals surface area contributed by atoms with Crippen LogP contribution in [0.5, 0.6) is 0 Å². The van der Waals surface area contributed by atoms with Crippen LogP contribution in [0, 0.1) is 6.92 Å². The van der Waals surface area contributed by atoms with Crippen LogP contribution in [0.1, 0.15) is 40.9 Å². The molecule has 32 heavy (non-hydrogen) atoms. The van der Waals surface area contributed by atoms with E-state index in [1.807, 2.05) is 12.2 Å². The van der Waals surface area contributed by atoms with Crippen molar-refractivity contribution in [2.45, 2.75) is 26.2 Å². The molecule has 1 unspecified atom stereocenters. The molecule has 3 rings (SSSR count). The van der Waals surface area contributed by atoms with Gasteiger partial charge < -0.3 is 9.46 Å². The van der Waals surface area contributed by atoms with Gasteiger partial charge in [-0.25, -0.2) is 4.21 Å². The summed E-state index contributed by atoms with van der Waals surface area (Å²) in [5, 5.41) is 0.401. The molecule has 1 aliphatic carbocycles. The number of ketones is 1. The molecule has 1 aromatic heterocycles. The van der Waals surface area contributed by atoms with Gasteiger partial charge in [-0.05, 0) is 62.2 Å². The van der Waals surface area contributed by atoms with Crippen molar-refractivity contribution in [1.29, 1.82) is 0 Å². The molecule has 0 bridgehead atoms. The molecule has 1 heterocycles. The number of esters is 1. The number of allylic oxidation sites excluding steroid dienone is 5. The monoisotopic (exact) mass is 470 g/mol. The summed E-state index contributed by atoms with van der Waals surface area (Å²) in [7, 11) is -0.253. The summed E-state index contributed by atoms with van der Waals surface area (Å²) in [4.78, 5) is 29.2. The Morgan fingerprint density at radius 2 is 2.03 bits per heavy atom. The molecule has 1 aliphatic rings. The van der Waals surface area contributed by atoms with Crippen molar-refractivity contribution in [1.82, 2.24) is 4.98 Å². The molecule has 1 atom stereocenters. The predicted octanol–water partition coefficient (Wildman–Crippen LogP) is 5.07. The van der Waals surface area contributed by atoms with Crippen LogP contribution in [0.3, 0.4) is 0 Å². The molecule has 0 fully saturated rings. The summed E-state index contributed by atoms with van der Waals surface area (Å²) in [5.41, 5.74) is 2.82. The molecule has 0 amide bonds. The lowest BCUT2D eigenvalue weighted by Crippen LogP contribution is -2.12. The zero-order chi connectivity index (χ0) is 23.1. The lowest BCUT2D eigenvalue weighted by molar-refractivity contribution is -0.140. The third kappa shape index (κ3) is 6.02. The van der Waals surface area contributed by atoms with E-state index in [0.29, 0.717) is 51.7 Å². The average molecular weight is 471 g/mol. The van der Waals surface area contributed by atoms with Crippen molar-refractivity contribution in [3.8, 4) is 0 Å². The van der Waals surface area contributed by atoms with Gasteiger partial charge in [0.15, 0.2) is 5.78 Å². The molecule has 0 aliphatic heterocycles. The molecule has 8 heteroatoms. The number of nitrogens with zero attached hydrogens (tertiary/aromatic N) is 1. The van der Waals surface area contributed by atoms with Crippen LogP contribution >= 0.6 is 11.6 Å². The normalized spacial score (nSPS) is 14.1. The summed E-state index contributed by atoms with van der Waals surface area (Å²) >= 11 is 6.14. The molecule has 0 radical (unpaired) electrons. The molecular formula is C24H23ClN2O4S. The van der Waals surface area contributed by atoms with Crippen molar-refractivity contribution in [3.05, 3.63) is 93.2 Å². The van der Waals surface area contributed by atoms with Crippen LogP contribution in [0.25, 0.3) is 0 Å². The number of hydrogen-bond donors (Lipinski definition) is 1. The highest BCUT2D eigenvalue weighted by atomic mass is 35.5. The molecular weight excluding hydrogens is 448 g/mol.